The number of carbonyl (C=O) groups excluding carboxylic acids is 1. The maximum absolute atomic E-state index is 12.3. The number of nitrogens with zero attached hydrogens (tertiary/aromatic N) is 2. The maximum Gasteiger partial charge on any atom is 0.319 e. The number of hydrogen-bond donors (Lipinski definition) is 2. The summed E-state index contributed by atoms with van der Waals surface area (Å²) >= 11 is 1.60. The van der Waals surface area contributed by atoms with Crippen LogP contribution in [0.25, 0.3) is 0 Å². The molecule has 2 amide bonds. The number of hydrogen-bond acceptors (Lipinski definition) is 7. The number of amides is 2. The molecule has 1 atom stereocenters. The van der Waals surface area contributed by atoms with E-state index in [2.05, 4.69) is 20.5 Å². The summed E-state index contributed by atoms with van der Waals surface area (Å²) in [7, 11) is 4.61. The first-order valence-electron chi connectivity index (χ1n) is 8.16. The fourth-order valence-electron chi connectivity index (χ4n) is 2.93. The summed E-state index contributed by atoms with van der Waals surface area (Å²) in [6.07, 6.45) is 2.67. The van der Waals surface area contributed by atoms with E-state index in [0.717, 1.165) is 24.6 Å². The lowest BCUT2D eigenvalue weighted by Gasteiger charge is -2.17. The highest BCUT2D eigenvalue weighted by molar-refractivity contribution is 7.13. The first-order valence-corrected chi connectivity index (χ1v) is 9.04. The zero-order chi connectivity index (χ0) is 18.5. The molecule has 1 fully saturated rings. The summed E-state index contributed by atoms with van der Waals surface area (Å²) in [6.45, 7) is 1.62. The van der Waals surface area contributed by atoms with Gasteiger partial charge in [0.1, 0.15) is 0 Å². The van der Waals surface area contributed by atoms with E-state index in [-0.39, 0.29) is 12.1 Å². The minimum Gasteiger partial charge on any atom is -0.493 e. The molecule has 1 unspecified atom stereocenters. The molecule has 3 rings (SSSR count). The van der Waals surface area contributed by atoms with Gasteiger partial charge in [-0.25, -0.2) is 9.78 Å². The predicted molar refractivity (Wildman–Crippen MR) is 101 cm³/mol. The second kappa shape index (κ2) is 8.13. The summed E-state index contributed by atoms with van der Waals surface area (Å²) in [6, 6.07) is 3.18. The lowest BCUT2D eigenvalue weighted by atomic mass is 10.2. The summed E-state index contributed by atoms with van der Waals surface area (Å²) in [5.41, 5.74) is 0.562. The molecule has 0 radical (unpaired) electrons. The van der Waals surface area contributed by atoms with Crippen LogP contribution >= 0.6 is 11.3 Å². The van der Waals surface area contributed by atoms with Crippen molar-refractivity contribution in [2.75, 3.05) is 44.6 Å². The van der Waals surface area contributed by atoms with Gasteiger partial charge in [0.15, 0.2) is 16.6 Å². The lowest BCUT2D eigenvalue weighted by Crippen LogP contribution is -2.39. The Morgan fingerprint density at radius 1 is 1.23 bits per heavy atom. The third-order valence-electron chi connectivity index (χ3n) is 4.14. The van der Waals surface area contributed by atoms with Crippen LogP contribution in [-0.4, -0.2) is 51.5 Å². The normalized spacial score (nSPS) is 16.3. The van der Waals surface area contributed by atoms with Gasteiger partial charge in [-0.2, -0.15) is 0 Å². The number of ether oxygens (including phenoxy) is 3. The van der Waals surface area contributed by atoms with Crippen LogP contribution in [0.1, 0.15) is 6.42 Å². The minimum absolute atomic E-state index is 0.0703. The van der Waals surface area contributed by atoms with Crippen molar-refractivity contribution in [1.82, 2.24) is 10.3 Å². The van der Waals surface area contributed by atoms with Gasteiger partial charge < -0.3 is 29.7 Å². The minimum atomic E-state index is -0.273. The number of methoxy groups -OCH3 is 3. The quantitative estimate of drug-likeness (QED) is 0.804. The number of aromatic nitrogens is 1. The molecule has 0 spiro atoms. The van der Waals surface area contributed by atoms with Crippen LogP contribution in [0.5, 0.6) is 17.2 Å². The predicted octanol–water partition coefficient (Wildman–Crippen LogP) is 2.57. The molecule has 1 saturated heterocycles. The van der Waals surface area contributed by atoms with Crippen molar-refractivity contribution in [3.63, 3.8) is 0 Å². The van der Waals surface area contributed by atoms with Gasteiger partial charge >= 0.3 is 6.03 Å². The molecule has 1 aliphatic rings. The Morgan fingerprint density at radius 2 is 1.96 bits per heavy atom. The van der Waals surface area contributed by atoms with Gasteiger partial charge in [0.05, 0.1) is 27.0 Å². The van der Waals surface area contributed by atoms with Gasteiger partial charge in [0.25, 0.3) is 0 Å². The number of benzene rings is 1. The first-order chi connectivity index (χ1) is 12.6. The van der Waals surface area contributed by atoms with Crippen LogP contribution in [-0.2, 0) is 0 Å². The highest BCUT2D eigenvalue weighted by Crippen LogP contribution is 2.39. The number of thiazole rings is 1. The Hall–Kier alpha value is -2.68. The molecule has 2 aromatic rings. The smallest absolute Gasteiger partial charge is 0.319 e. The zero-order valence-corrected chi connectivity index (χ0v) is 15.8. The fourth-order valence-corrected chi connectivity index (χ4v) is 3.61. The maximum atomic E-state index is 12.3. The van der Waals surface area contributed by atoms with Crippen LogP contribution in [0, 0.1) is 0 Å². The van der Waals surface area contributed by atoms with E-state index in [1.54, 1.807) is 29.7 Å². The van der Waals surface area contributed by atoms with Crippen LogP contribution < -0.4 is 29.7 Å². The van der Waals surface area contributed by atoms with Crippen molar-refractivity contribution in [3.8, 4) is 17.2 Å². The highest BCUT2D eigenvalue weighted by Gasteiger charge is 2.25. The monoisotopic (exact) mass is 378 g/mol. The molecule has 26 heavy (non-hydrogen) atoms. The van der Waals surface area contributed by atoms with Gasteiger partial charge in [0.2, 0.25) is 5.75 Å². The van der Waals surface area contributed by atoms with Gasteiger partial charge in [-0.15, -0.1) is 11.3 Å². The number of nitrogens with one attached hydrogen (secondary N) is 2. The number of carbonyl (C=O) groups is 1. The van der Waals surface area contributed by atoms with Crippen LogP contribution in [0.2, 0.25) is 0 Å². The second-order valence-corrected chi connectivity index (χ2v) is 6.63. The largest absolute Gasteiger partial charge is 0.493 e. The average molecular weight is 378 g/mol. The molecule has 2 heterocycles. The third kappa shape index (κ3) is 3.93. The molecular weight excluding hydrogens is 356 g/mol. The van der Waals surface area contributed by atoms with Crippen LogP contribution in [0.4, 0.5) is 15.6 Å². The SMILES string of the molecule is COc1cc(NC(=O)NC2CCN(c3nccs3)C2)cc(OC)c1OC. The van der Waals surface area contributed by atoms with Crippen molar-refractivity contribution in [3.05, 3.63) is 23.7 Å². The fraction of sp³-hybridized carbons (Fsp3) is 0.412. The Labute approximate surface area is 156 Å². The molecule has 9 heteroatoms. The van der Waals surface area contributed by atoms with Crippen molar-refractivity contribution < 1.29 is 19.0 Å². The van der Waals surface area contributed by atoms with E-state index in [1.165, 1.54) is 21.3 Å². The van der Waals surface area contributed by atoms with Crippen molar-refractivity contribution in [1.29, 1.82) is 0 Å². The van der Waals surface area contributed by atoms with E-state index in [1.807, 2.05) is 5.38 Å². The molecule has 0 saturated carbocycles. The third-order valence-corrected chi connectivity index (χ3v) is 4.97. The van der Waals surface area contributed by atoms with E-state index >= 15 is 0 Å². The molecule has 1 aromatic heterocycles. The Morgan fingerprint density at radius 3 is 2.54 bits per heavy atom. The van der Waals surface area contributed by atoms with Crippen molar-refractivity contribution in [2.45, 2.75) is 12.5 Å². The summed E-state index contributed by atoms with van der Waals surface area (Å²) < 4.78 is 15.9. The molecule has 8 nitrogen and oxygen atoms in total. The molecule has 0 aliphatic carbocycles. The molecule has 140 valence electrons. The number of anilines is 2. The Kier molecular flexibility index (Phi) is 5.67. The highest BCUT2D eigenvalue weighted by atomic mass is 32.1. The van der Waals surface area contributed by atoms with E-state index in [0.29, 0.717) is 22.9 Å². The summed E-state index contributed by atoms with van der Waals surface area (Å²) in [4.78, 5) is 18.8. The van der Waals surface area contributed by atoms with Crippen molar-refractivity contribution in [2.24, 2.45) is 0 Å². The molecule has 0 bridgehead atoms. The Balaban J connectivity index is 1.61. The van der Waals surface area contributed by atoms with Gasteiger partial charge in [-0.3, -0.25) is 0 Å². The number of rotatable bonds is 6. The first kappa shape index (κ1) is 18.1. The topological polar surface area (TPSA) is 85.0 Å². The molecule has 1 aromatic carbocycles. The molecular formula is C17H22N4O4S. The van der Waals surface area contributed by atoms with Crippen LogP contribution in [0.15, 0.2) is 23.7 Å². The molecule has 2 N–H and O–H groups in total. The molecule has 1 aliphatic heterocycles. The average Bonchev–Trinajstić information content (AvgIpc) is 3.32. The van der Waals surface area contributed by atoms with E-state index < -0.39 is 0 Å². The van der Waals surface area contributed by atoms with Gasteiger partial charge in [0, 0.05) is 42.8 Å². The van der Waals surface area contributed by atoms with Crippen molar-refractivity contribution >= 4 is 28.2 Å². The Bertz CT molecular complexity index is 728. The lowest BCUT2D eigenvalue weighted by molar-refractivity contribution is 0.249. The standard InChI is InChI=1S/C17H22N4O4S/c1-23-13-8-12(9-14(24-2)15(13)25-3)20-16(22)19-11-4-6-21(10-11)17-18-5-7-26-17/h5,7-9,11H,4,6,10H2,1-3H3,(H2,19,20,22). The second-order valence-electron chi connectivity index (χ2n) is 5.76. The zero-order valence-electron chi connectivity index (χ0n) is 14.9. The number of urea groups is 1. The van der Waals surface area contributed by atoms with Crippen LogP contribution in [0.3, 0.4) is 0 Å². The summed E-state index contributed by atoms with van der Waals surface area (Å²) in [5, 5.41) is 8.75. The van der Waals surface area contributed by atoms with Gasteiger partial charge in [-0.1, -0.05) is 0 Å². The van der Waals surface area contributed by atoms with E-state index in [4.69, 9.17) is 14.2 Å². The summed E-state index contributed by atoms with van der Waals surface area (Å²) in [5.74, 6) is 1.45. The van der Waals surface area contributed by atoms with E-state index in [9.17, 15) is 4.79 Å². The van der Waals surface area contributed by atoms with Gasteiger partial charge in [-0.05, 0) is 6.42 Å².